The van der Waals surface area contributed by atoms with Crippen molar-refractivity contribution < 1.29 is 9.84 Å². The van der Waals surface area contributed by atoms with Crippen LogP contribution in [0.2, 0.25) is 0 Å². The van der Waals surface area contributed by atoms with Crippen LogP contribution < -0.4 is 5.32 Å². The molecular formula is C13H23NO2. The molecule has 3 nitrogen and oxygen atoms in total. The zero-order chi connectivity index (χ0) is 11.6. The third-order valence-corrected chi connectivity index (χ3v) is 2.67. The van der Waals surface area contributed by atoms with Gasteiger partial charge in [0.25, 0.3) is 0 Å². The van der Waals surface area contributed by atoms with Gasteiger partial charge >= 0.3 is 0 Å². The molecule has 0 amide bonds. The molecule has 0 bridgehead atoms. The Kier molecular flexibility index (Phi) is 7.24. The molecule has 16 heavy (non-hydrogen) atoms. The highest BCUT2D eigenvalue weighted by molar-refractivity contribution is 4.82. The van der Waals surface area contributed by atoms with Crippen molar-refractivity contribution in [1.82, 2.24) is 5.32 Å². The Morgan fingerprint density at radius 3 is 2.94 bits per heavy atom. The first-order valence-corrected chi connectivity index (χ1v) is 6.23. The summed E-state index contributed by atoms with van der Waals surface area (Å²) < 4.78 is 5.40. The molecule has 0 spiro atoms. The molecular weight excluding hydrogens is 202 g/mol. The number of unbranched alkanes of at least 4 members (excludes halogenated alkanes) is 2. The van der Waals surface area contributed by atoms with Gasteiger partial charge in [-0.2, -0.15) is 0 Å². The maximum absolute atomic E-state index is 9.57. The van der Waals surface area contributed by atoms with Crippen LogP contribution in [0.4, 0.5) is 0 Å². The van der Waals surface area contributed by atoms with Crippen molar-refractivity contribution in [1.29, 1.82) is 0 Å². The summed E-state index contributed by atoms with van der Waals surface area (Å²) in [6, 6.07) is 0. The second-order valence-electron chi connectivity index (χ2n) is 4.50. The van der Waals surface area contributed by atoms with Crippen molar-refractivity contribution in [2.75, 3.05) is 26.3 Å². The summed E-state index contributed by atoms with van der Waals surface area (Å²) in [4.78, 5) is 0. The van der Waals surface area contributed by atoms with Crippen LogP contribution in [-0.4, -0.2) is 37.5 Å². The van der Waals surface area contributed by atoms with E-state index in [1.165, 1.54) is 12.8 Å². The third kappa shape index (κ3) is 7.70. The molecule has 1 fully saturated rings. The first-order valence-electron chi connectivity index (χ1n) is 6.23. The zero-order valence-corrected chi connectivity index (χ0v) is 9.95. The van der Waals surface area contributed by atoms with Crippen LogP contribution in [0.5, 0.6) is 0 Å². The van der Waals surface area contributed by atoms with Gasteiger partial charge in [0.1, 0.15) is 0 Å². The lowest BCUT2D eigenvalue weighted by Gasteiger charge is -2.11. The van der Waals surface area contributed by atoms with Crippen LogP contribution in [0.3, 0.4) is 0 Å². The molecule has 1 saturated carbocycles. The highest BCUT2D eigenvalue weighted by Gasteiger charge is 2.21. The van der Waals surface area contributed by atoms with Gasteiger partial charge in [-0.05, 0) is 38.1 Å². The molecule has 92 valence electrons. The van der Waals surface area contributed by atoms with E-state index >= 15 is 0 Å². The van der Waals surface area contributed by atoms with Gasteiger partial charge in [0.15, 0.2) is 0 Å². The molecule has 0 heterocycles. The smallest absolute Gasteiger partial charge is 0.0897 e. The van der Waals surface area contributed by atoms with Gasteiger partial charge in [0.2, 0.25) is 0 Å². The average Bonchev–Trinajstić information content (AvgIpc) is 3.07. The molecule has 0 radical (unpaired) electrons. The Hall–Kier alpha value is -0.560. The lowest BCUT2D eigenvalue weighted by molar-refractivity contribution is 0.0326. The standard InChI is InChI=1S/C13H23NO2/c1-2-3-4-5-8-14-9-13(15)11-16-10-12-6-7-12/h1,12-15H,3-11H2. The molecule has 1 atom stereocenters. The van der Waals surface area contributed by atoms with Crippen molar-refractivity contribution in [2.45, 2.75) is 38.2 Å². The van der Waals surface area contributed by atoms with Crippen molar-refractivity contribution in [3.8, 4) is 12.3 Å². The molecule has 0 aliphatic heterocycles. The first-order chi connectivity index (χ1) is 7.83. The summed E-state index contributed by atoms with van der Waals surface area (Å²) in [6.45, 7) is 2.80. The van der Waals surface area contributed by atoms with Gasteiger partial charge in [0, 0.05) is 19.6 Å². The van der Waals surface area contributed by atoms with Crippen LogP contribution in [0.15, 0.2) is 0 Å². The normalized spacial score (nSPS) is 17.0. The van der Waals surface area contributed by atoms with Crippen molar-refractivity contribution >= 4 is 0 Å². The topological polar surface area (TPSA) is 41.5 Å². The molecule has 0 aromatic carbocycles. The largest absolute Gasteiger partial charge is 0.389 e. The zero-order valence-electron chi connectivity index (χ0n) is 9.95. The first kappa shape index (κ1) is 13.5. The van der Waals surface area contributed by atoms with Gasteiger partial charge < -0.3 is 15.2 Å². The summed E-state index contributed by atoms with van der Waals surface area (Å²) >= 11 is 0. The second kappa shape index (κ2) is 8.58. The van der Waals surface area contributed by atoms with Crippen molar-refractivity contribution in [2.24, 2.45) is 5.92 Å². The quantitative estimate of drug-likeness (QED) is 0.433. The van der Waals surface area contributed by atoms with E-state index in [2.05, 4.69) is 11.2 Å². The number of nitrogens with one attached hydrogen (secondary N) is 1. The Balaban J connectivity index is 1.78. The number of rotatable bonds is 10. The molecule has 1 unspecified atom stereocenters. The predicted molar refractivity (Wildman–Crippen MR) is 65.1 cm³/mol. The Morgan fingerprint density at radius 2 is 2.25 bits per heavy atom. The van der Waals surface area contributed by atoms with E-state index in [0.717, 1.165) is 38.3 Å². The highest BCUT2D eigenvalue weighted by atomic mass is 16.5. The molecule has 0 saturated heterocycles. The highest BCUT2D eigenvalue weighted by Crippen LogP contribution is 2.28. The molecule has 2 N–H and O–H groups in total. The number of hydrogen-bond donors (Lipinski definition) is 2. The Labute approximate surface area is 98.6 Å². The predicted octanol–water partition coefficient (Wildman–Crippen LogP) is 1.17. The van der Waals surface area contributed by atoms with E-state index in [-0.39, 0.29) is 6.10 Å². The van der Waals surface area contributed by atoms with Crippen LogP contribution in [0.25, 0.3) is 0 Å². The fraction of sp³-hybridized carbons (Fsp3) is 0.846. The minimum atomic E-state index is -0.383. The Bertz CT molecular complexity index is 208. The fourth-order valence-corrected chi connectivity index (χ4v) is 1.46. The van der Waals surface area contributed by atoms with E-state index in [1.807, 2.05) is 0 Å². The van der Waals surface area contributed by atoms with Gasteiger partial charge in [-0.1, -0.05) is 0 Å². The Morgan fingerprint density at radius 1 is 1.44 bits per heavy atom. The molecule has 0 aromatic rings. The lowest BCUT2D eigenvalue weighted by Crippen LogP contribution is -2.31. The molecule has 1 aliphatic rings. The number of ether oxygens (including phenoxy) is 1. The van der Waals surface area contributed by atoms with Crippen LogP contribution in [0, 0.1) is 18.3 Å². The van der Waals surface area contributed by atoms with E-state index in [4.69, 9.17) is 11.2 Å². The third-order valence-electron chi connectivity index (χ3n) is 2.67. The van der Waals surface area contributed by atoms with E-state index < -0.39 is 0 Å². The van der Waals surface area contributed by atoms with Crippen LogP contribution in [-0.2, 0) is 4.74 Å². The van der Waals surface area contributed by atoms with Gasteiger partial charge in [0.05, 0.1) is 12.7 Å². The van der Waals surface area contributed by atoms with E-state index in [1.54, 1.807) is 0 Å². The van der Waals surface area contributed by atoms with E-state index in [0.29, 0.717) is 13.2 Å². The number of hydrogen-bond acceptors (Lipinski definition) is 3. The summed E-state index contributed by atoms with van der Waals surface area (Å²) in [5, 5.41) is 12.8. The van der Waals surface area contributed by atoms with Crippen molar-refractivity contribution in [3.63, 3.8) is 0 Å². The summed E-state index contributed by atoms with van der Waals surface area (Å²) in [7, 11) is 0. The van der Waals surface area contributed by atoms with E-state index in [9.17, 15) is 5.11 Å². The number of aliphatic hydroxyl groups is 1. The fourth-order valence-electron chi connectivity index (χ4n) is 1.46. The lowest BCUT2D eigenvalue weighted by atomic mass is 10.2. The minimum absolute atomic E-state index is 0.383. The van der Waals surface area contributed by atoms with Gasteiger partial charge in [-0.3, -0.25) is 0 Å². The van der Waals surface area contributed by atoms with Crippen LogP contribution in [0.1, 0.15) is 32.1 Å². The molecule has 3 heteroatoms. The molecule has 0 aromatic heterocycles. The summed E-state index contributed by atoms with van der Waals surface area (Å²) in [6.07, 6.45) is 10.3. The monoisotopic (exact) mass is 225 g/mol. The number of aliphatic hydroxyl groups excluding tert-OH is 1. The van der Waals surface area contributed by atoms with Crippen molar-refractivity contribution in [3.05, 3.63) is 0 Å². The van der Waals surface area contributed by atoms with Gasteiger partial charge in [-0.15, -0.1) is 12.3 Å². The van der Waals surface area contributed by atoms with Gasteiger partial charge in [-0.25, -0.2) is 0 Å². The average molecular weight is 225 g/mol. The summed E-state index contributed by atoms with van der Waals surface area (Å²) in [5.74, 6) is 3.38. The molecule has 1 aliphatic carbocycles. The summed E-state index contributed by atoms with van der Waals surface area (Å²) in [5.41, 5.74) is 0. The SMILES string of the molecule is C#CCCCCNCC(O)COCC1CC1. The maximum Gasteiger partial charge on any atom is 0.0897 e. The molecule has 1 rings (SSSR count). The second-order valence-corrected chi connectivity index (χ2v) is 4.50. The van der Waals surface area contributed by atoms with Crippen LogP contribution >= 0.6 is 0 Å². The maximum atomic E-state index is 9.57. The minimum Gasteiger partial charge on any atom is -0.389 e. The number of terminal acetylenes is 1.